The number of benzene rings is 2. The molecular formula is C15H14BrNO. The predicted octanol–water partition coefficient (Wildman–Crippen LogP) is 3.42. The van der Waals surface area contributed by atoms with E-state index in [4.69, 9.17) is 0 Å². The summed E-state index contributed by atoms with van der Waals surface area (Å²) < 4.78 is 1.07. The van der Waals surface area contributed by atoms with Gasteiger partial charge in [-0.05, 0) is 36.2 Å². The van der Waals surface area contributed by atoms with Crippen molar-refractivity contribution in [2.45, 2.75) is 6.42 Å². The summed E-state index contributed by atoms with van der Waals surface area (Å²) in [5.41, 5.74) is 1.92. The molecule has 0 bridgehead atoms. The van der Waals surface area contributed by atoms with Crippen molar-refractivity contribution in [3.8, 4) is 0 Å². The Kier molecular flexibility index (Phi) is 4.53. The quantitative estimate of drug-likeness (QED) is 0.921. The van der Waals surface area contributed by atoms with E-state index in [-0.39, 0.29) is 5.91 Å². The molecule has 0 saturated carbocycles. The zero-order chi connectivity index (χ0) is 12.8. The van der Waals surface area contributed by atoms with Crippen LogP contribution in [0.1, 0.15) is 15.9 Å². The Labute approximate surface area is 115 Å². The highest BCUT2D eigenvalue weighted by atomic mass is 79.9. The molecule has 0 aliphatic rings. The third-order valence-electron chi connectivity index (χ3n) is 2.65. The van der Waals surface area contributed by atoms with E-state index in [0.717, 1.165) is 10.9 Å². The highest BCUT2D eigenvalue weighted by Gasteiger charge is 2.02. The van der Waals surface area contributed by atoms with E-state index < -0.39 is 0 Å². The zero-order valence-corrected chi connectivity index (χ0v) is 11.5. The Bertz CT molecular complexity index is 508. The van der Waals surface area contributed by atoms with Crippen LogP contribution in [0.5, 0.6) is 0 Å². The molecule has 0 aromatic heterocycles. The molecule has 18 heavy (non-hydrogen) atoms. The molecule has 0 heterocycles. The normalized spacial score (nSPS) is 10.1. The van der Waals surface area contributed by atoms with E-state index in [2.05, 4.69) is 33.4 Å². The van der Waals surface area contributed by atoms with E-state index in [9.17, 15) is 4.79 Å². The summed E-state index contributed by atoms with van der Waals surface area (Å²) in [5.74, 6) is -0.0206. The van der Waals surface area contributed by atoms with Crippen molar-refractivity contribution in [1.82, 2.24) is 5.32 Å². The fourth-order valence-corrected chi connectivity index (χ4v) is 1.93. The van der Waals surface area contributed by atoms with Crippen LogP contribution < -0.4 is 5.32 Å². The van der Waals surface area contributed by atoms with Crippen LogP contribution in [0.2, 0.25) is 0 Å². The fourth-order valence-electron chi connectivity index (χ4n) is 1.66. The molecule has 1 amide bonds. The first kappa shape index (κ1) is 12.8. The molecule has 0 aliphatic heterocycles. The Hall–Kier alpha value is -1.61. The molecule has 2 aromatic carbocycles. The van der Waals surface area contributed by atoms with Gasteiger partial charge in [0.1, 0.15) is 0 Å². The van der Waals surface area contributed by atoms with E-state index in [1.807, 2.05) is 42.5 Å². The third-order valence-corrected chi connectivity index (χ3v) is 3.18. The van der Waals surface area contributed by atoms with Gasteiger partial charge in [0, 0.05) is 16.6 Å². The number of carbonyl (C=O) groups is 1. The maximum atomic E-state index is 11.8. The van der Waals surface area contributed by atoms with E-state index in [0.29, 0.717) is 12.1 Å². The summed E-state index contributed by atoms with van der Waals surface area (Å²) in [5, 5.41) is 2.91. The summed E-state index contributed by atoms with van der Waals surface area (Å²) in [7, 11) is 0. The fraction of sp³-hybridized carbons (Fsp3) is 0.133. The lowest BCUT2D eigenvalue weighted by Gasteiger charge is -2.05. The monoisotopic (exact) mass is 303 g/mol. The van der Waals surface area contributed by atoms with Gasteiger partial charge in [-0.15, -0.1) is 0 Å². The van der Waals surface area contributed by atoms with Gasteiger partial charge < -0.3 is 5.32 Å². The van der Waals surface area contributed by atoms with E-state index >= 15 is 0 Å². The van der Waals surface area contributed by atoms with Gasteiger partial charge in [0.15, 0.2) is 0 Å². The number of hydrogen-bond acceptors (Lipinski definition) is 1. The molecule has 0 spiro atoms. The van der Waals surface area contributed by atoms with Crippen molar-refractivity contribution in [2.24, 2.45) is 0 Å². The first-order chi connectivity index (χ1) is 8.75. The molecule has 0 saturated heterocycles. The van der Waals surface area contributed by atoms with Crippen LogP contribution >= 0.6 is 15.9 Å². The molecule has 3 heteroatoms. The Morgan fingerprint density at radius 1 is 1.00 bits per heavy atom. The van der Waals surface area contributed by atoms with Gasteiger partial charge in [0.05, 0.1) is 0 Å². The summed E-state index contributed by atoms with van der Waals surface area (Å²) in [6, 6.07) is 17.4. The molecule has 1 N–H and O–H groups in total. The van der Waals surface area contributed by atoms with Gasteiger partial charge in [-0.2, -0.15) is 0 Å². The minimum absolute atomic E-state index is 0.0206. The number of amides is 1. The lowest BCUT2D eigenvalue weighted by Crippen LogP contribution is -2.25. The molecular weight excluding hydrogens is 290 g/mol. The second kappa shape index (κ2) is 6.36. The van der Waals surface area contributed by atoms with Gasteiger partial charge in [-0.25, -0.2) is 0 Å². The van der Waals surface area contributed by atoms with Crippen LogP contribution in [-0.4, -0.2) is 12.5 Å². The minimum Gasteiger partial charge on any atom is -0.352 e. The number of rotatable bonds is 4. The predicted molar refractivity (Wildman–Crippen MR) is 76.6 cm³/mol. The van der Waals surface area contributed by atoms with Gasteiger partial charge in [0.2, 0.25) is 0 Å². The molecule has 0 unspecified atom stereocenters. The van der Waals surface area contributed by atoms with E-state index in [1.54, 1.807) is 0 Å². The number of hydrogen-bond donors (Lipinski definition) is 1. The molecule has 2 nitrogen and oxygen atoms in total. The minimum atomic E-state index is -0.0206. The van der Waals surface area contributed by atoms with Gasteiger partial charge in [-0.3, -0.25) is 4.79 Å². The van der Waals surface area contributed by atoms with E-state index in [1.165, 1.54) is 5.56 Å². The van der Waals surface area contributed by atoms with Crippen molar-refractivity contribution < 1.29 is 4.79 Å². The lowest BCUT2D eigenvalue weighted by molar-refractivity contribution is 0.0954. The summed E-state index contributed by atoms with van der Waals surface area (Å²) in [6.45, 7) is 0.648. The highest BCUT2D eigenvalue weighted by Crippen LogP contribution is 2.10. The van der Waals surface area contributed by atoms with Gasteiger partial charge in [-0.1, -0.05) is 46.3 Å². The molecule has 0 aliphatic carbocycles. The van der Waals surface area contributed by atoms with Crippen LogP contribution in [0.15, 0.2) is 59.1 Å². The Morgan fingerprint density at radius 3 is 2.33 bits per heavy atom. The number of nitrogens with one attached hydrogen (secondary N) is 1. The average molecular weight is 304 g/mol. The number of carbonyl (C=O) groups excluding carboxylic acids is 1. The van der Waals surface area contributed by atoms with Gasteiger partial charge in [0.25, 0.3) is 5.91 Å². The molecule has 2 aromatic rings. The SMILES string of the molecule is O=C(NCCc1ccc(Br)cc1)c1ccccc1. The van der Waals surface area contributed by atoms with Crippen LogP contribution in [0, 0.1) is 0 Å². The van der Waals surface area contributed by atoms with Gasteiger partial charge >= 0.3 is 0 Å². The second-order valence-electron chi connectivity index (χ2n) is 4.00. The molecule has 92 valence electrons. The summed E-state index contributed by atoms with van der Waals surface area (Å²) in [6.07, 6.45) is 0.839. The van der Waals surface area contributed by atoms with Crippen LogP contribution in [0.25, 0.3) is 0 Å². The third kappa shape index (κ3) is 3.70. The lowest BCUT2D eigenvalue weighted by atomic mass is 10.1. The molecule has 0 radical (unpaired) electrons. The zero-order valence-electron chi connectivity index (χ0n) is 9.90. The van der Waals surface area contributed by atoms with Crippen molar-refractivity contribution in [3.05, 3.63) is 70.2 Å². The summed E-state index contributed by atoms with van der Waals surface area (Å²) in [4.78, 5) is 11.8. The molecule has 2 rings (SSSR count). The Balaban J connectivity index is 1.82. The second-order valence-corrected chi connectivity index (χ2v) is 4.91. The van der Waals surface area contributed by atoms with Crippen molar-refractivity contribution in [1.29, 1.82) is 0 Å². The largest absolute Gasteiger partial charge is 0.352 e. The molecule has 0 fully saturated rings. The number of halogens is 1. The van der Waals surface area contributed by atoms with Crippen molar-refractivity contribution in [3.63, 3.8) is 0 Å². The van der Waals surface area contributed by atoms with Crippen LogP contribution in [0.4, 0.5) is 0 Å². The summed E-state index contributed by atoms with van der Waals surface area (Å²) >= 11 is 3.40. The first-order valence-electron chi connectivity index (χ1n) is 5.83. The first-order valence-corrected chi connectivity index (χ1v) is 6.63. The topological polar surface area (TPSA) is 29.1 Å². The molecule has 0 atom stereocenters. The average Bonchev–Trinajstić information content (AvgIpc) is 2.42. The maximum absolute atomic E-state index is 11.8. The van der Waals surface area contributed by atoms with Crippen molar-refractivity contribution >= 4 is 21.8 Å². The van der Waals surface area contributed by atoms with Crippen LogP contribution in [-0.2, 0) is 6.42 Å². The van der Waals surface area contributed by atoms with Crippen LogP contribution in [0.3, 0.4) is 0 Å². The highest BCUT2D eigenvalue weighted by molar-refractivity contribution is 9.10. The maximum Gasteiger partial charge on any atom is 0.251 e. The van der Waals surface area contributed by atoms with Crippen molar-refractivity contribution in [2.75, 3.05) is 6.54 Å². The standard InChI is InChI=1S/C15H14BrNO/c16-14-8-6-12(7-9-14)10-11-17-15(18)13-4-2-1-3-5-13/h1-9H,10-11H2,(H,17,18). The smallest absolute Gasteiger partial charge is 0.251 e. The Morgan fingerprint density at radius 2 is 1.67 bits per heavy atom.